The maximum absolute atomic E-state index is 5.87. The molecule has 3 N–H and O–H groups in total. The molecule has 21 heavy (non-hydrogen) atoms. The lowest BCUT2D eigenvalue weighted by atomic mass is 9.64. The zero-order valence-corrected chi connectivity index (χ0v) is 14.3. The number of anilines is 1. The molecular weight excluding hydrogens is 282 g/mol. The average Bonchev–Trinajstić information content (AvgIpc) is 2.36. The Hall–Kier alpha value is -1.20. The van der Waals surface area contributed by atoms with E-state index < -0.39 is 0 Å². The second kappa shape index (κ2) is 5.89. The van der Waals surface area contributed by atoms with Crippen molar-refractivity contribution >= 4 is 23.0 Å². The fourth-order valence-corrected chi connectivity index (χ4v) is 3.29. The number of pyridine rings is 1. The highest BCUT2D eigenvalue weighted by atomic mass is 32.1. The Morgan fingerprint density at radius 1 is 1.52 bits per heavy atom. The number of aromatic nitrogens is 1. The van der Waals surface area contributed by atoms with Gasteiger partial charge in [-0.15, -0.1) is 0 Å². The minimum absolute atomic E-state index is 0.0723. The summed E-state index contributed by atoms with van der Waals surface area (Å²) in [4.78, 5) is 4.98. The molecule has 1 aromatic heterocycles. The first-order valence-corrected chi connectivity index (χ1v) is 7.84. The molecule has 0 aliphatic heterocycles. The van der Waals surface area contributed by atoms with Crippen molar-refractivity contribution in [2.75, 3.05) is 11.9 Å². The van der Waals surface area contributed by atoms with Gasteiger partial charge < -0.3 is 15.8 Å². The fourth-order valence-electron chi connectivity index (χ4n) is 3.03. The van der Waals surface area contributed by atoms with Gasteiger partial charge in [0.1, 0.15) is 10.8 Å². The van der Waals surface area contributed by atoms with Crippen LogP contribution in [-0.4, -0.2) is 28.7 Å². The van der Waals surface area contributed by atoms with Gasteiger partial charge in [-0.05, 0) is 38.8 Å². The van der Waals surface area contributed by atoms with Gasteiger partial charge in [0.15, 0.2) is 0 Å². The van der Waals surface area contributed by atoms with E-state index >= 15 is 0 Å². The molecule has 116 valence electrons. The Morgan fingerprint density at radius 3 is 2.71 bits per heavy atom. The SMILES string of the molecule is CCOC1CC(Nc2nc(C)cc(C)c2C(N)=S)C1(C)C. The summed E-state index contributed by atoms with van der Waals surface area (Å²) in [6.45, 7) is 11.2. The molecule has 2 rings (SSSR count). The van der Waals surface area contributed by atoms with Gasteiger partial charge in [-0.2, -0.15) is 0 Å². The summed E-state index contributed by atoms with van der Waals surface area (Å²) in [5.41, 5.74) is 8.83. The number of hydrogen-bond donors (Lipinski definition) is 2. The van der Waals surface area contributed by atoms with E-state index in [1.54, 1.807) is 0 Å². The van der Waals surface area contributed by atoms with E-state index in [1.807, 2.05) is 26.8 Å². The summed E-state index contributed by atoms with van der Waals surface area (Å²) in [6, 6.07) is 2.32. The number of thiocarbonyl (C=S) groups is 1. The molecule has 0 aromatic carbocycles. The van der Waals surface area contributed by atoms with Crippen LogP contribution in [0.5, 0.6) is 0 Å². The molecule has 2 unspecified atom stereocenters. The second-order valence-corrected chi connectivity index (χ2v) is 6.81. The Labute approximate surface area is 132 Å². The van der Waals surface area contributed by atoms with Gasteiger partial charge >= 0.3 is 0 Å². The van der Waals surface area contributed by atoms with Crippen LogP contribution in [0, 0.1) is 19.3 Å². The molecule has 0 spiro atoms. The van der Waals surface area contributed by atoms with Crippen LogP contribution in [0.25, 0.3) is 0 Å². The monoisotopic (exact) mass is 307 g/mol. The van der Waals surface area contributed by atoms with Gasteiger partial charge in [0.25, 0.3) is 0 Å². The molecule has 0 bridgehead atoms. The van der Waals surface area contributed by atoms with Crippen LogP contribution in [0.15, 0.2) is 6.07 Å². The number of ether oxygens (including phenoxy) is 1. The van der Waals surface area contributed by atoms with Crippen LogP contribution in [0.3, 0.4) is 0 Å². The van der Waals surface area contributed by atoms with Crippen molar-refractivity contribution in [3.8, 4) is 0 Å². The fraction of sp³-hybridized carbons (Fsp3) is 0.625. The molecule has 1 heterocycles. The summed E-state index contributed by atoms with van der Waals surface area (Å²) in [5, 5.41) is 3.53. The van der Waals surface area contributed by atoms with Crippen LogP contribution in [-0.2, 0) is 4.74 Å². The van der Waals surface area contributed by atoms with Gasteiger partial charge in [0.2, 0.25) is 0 Å². The topological polar surface area (TPSA) is 60.2 Å². The molecule has 5 heteroatoms. The Kier molecular flexibility index (Phi) is 4.54. The number of hydrogen-bond acceptors (Lipinski definition) is 4. The highest BCUT2D eigenvalue weighted by molar-refractivity contribution is 7.80. The lowest BCUT2D eigenvalue weighted by Crippen LogP contribution is -2.58. The highest BCUT2D eigenvalue weighted by Crippen LogP contribution is 2.44. The minimum atomic E-state index is 0.0723. The third kappa shape index (κ3) is 3.04. The van der Waals surface area contributed by atoms with Crippen molar-refractivity contribution in [1.82, 2.24) is 4.98 Å². The van der Waals surface area contributed by atoms with E-state index in [-0.39, 0.29) is 5.41 Å². The maximum Gasteiger partial charge on any atom is 0.137 e. The van der Waals surface area contributed by atoms with E-state index in [2.05, 4.69) is 24.1 Å². The third-order valence-corrected chi connectivity index (χ3v) is 4.65. The van der Waals surface area contributed by atoms with Gasteiger partial charge in [-0.3, -0.25) is 0 Å². The lowest BCUT2D eigenvalue weighted by Gasteiger charge is -2.52. The predicted octanol–water partition coefficient (Wildman–Crippen LogP) is 2.95. The number of nitrogens with two attached hydrogens (primary N) is 1. The molecule has 1 aliphatic carbocycles. The smallest absolute Gasteiger partial charge is 0.137 e. The van der Waals surface area contributed by atoms with Crippen molar-refractivity contribution in [2.45, 2.75) is 53.2 Å². The molecule has 2 atom stereocenters. The van der Waals surface area contributed by atoms with E-state index in [0.717, 1.165) is 35.7 Å². The van der Waals surface area contributed by atoms with Crippen LogP contribution in [0.2, 0.25) is 0 Å². The number of nitrogens with zero attached hydrogens (tertiary/aromatic N) is 1. The van der Waals surface area contributed by atoms with Crippen LogP contribution >= 0.6 is 12.2 Å². The van der Waals surface area contributed by atoms with E-state index in [0.29, 0.717) is 17.1 Å². The highest BCUT2D eigenvalue weighted by Gasteiger charge is 2.49. The lowest BCUT2D eigenvalue weighted by molar-refractivity contribution is -0.0976. The summed E-state index contributed by atoms with van der Waals surface area (Å²) >= 11 is 5.18. The maximum atomic E-state index is 5.87. The zero-order valence-electron chi connectivity index (χ0n) is 13.5. The normalized spacial score (nSPS) is 23.5. The predicted molar refractivity (Wildman–Crippen MR) is 90.8 cm³/mol. The summed E-state index contributed by atoms with van der Waals surface area (Å²) in [7, 11) is 0. The Balaban J connectivity index is 2.23. The Morgan fingerprint density at radius 2 is 2.19 bits per heavy atom. The minimum Gasteiger partial charge on any atom is -0.389 e. The van der Waals surface area contributed by atoms with Gasteiger partial charge in [-0.25, -0.2) is 4.98 Å². The van der Waals surface area contributed by atoms with E-state index in [4.69, 9.17) is 22.7 Å². The van der Waals surface area contributed by atoms with Gasteiger partial charge in [0.05, 0.1) is 11.7 Å². The number of rotatable bonds is 5. The van der Waals surface area contributed by atoms with Crippen LogP contribution in [0.1, 0.15) is 44.0 Å². The molecule has 1 saturated carbocycles. The van der Waals surface area contributed by atoms with E-state index in [1.165, 1.54) is 0 Å². The summed E-state index contributed by atoms with van der Waals surface area (Å²) < 4.78 is 5.78. The summed E-state index contributed by atoms with van der Waals surface area (Å²) in [5.74, 6) is 0.799. The third-order valence-electron chi connectivity index (χ3n) is 4.45. The molecule has 0 saturated heterocycles. The average molecular weight is 307 g/mol. The quantitative estimate of drug-likeness (QED) is 0.819. The molecule has 0 radical (unpaired) electrons. The second-order valence-electron chi connectivity index (χ2n) is 6.37. The van der Waals surface area contributed by atoms with Gasteiger partial charge in [0, 0.05) is 23.8 Å². The largest absolute Gasteiger partial charge is 0.389 e. The first kappa shape index (κ1) is 16.2. The standard InChI is InChI=1S/C16H25N3OS/c1-6-20-12-8-11(16(12,4)5)19-15-13(14(17)21)9(2)7-10(3)18-15/h7,11-12H,6,8H2,1-5H3,(H2,17,21)(H,18,19). The molecule has 4 nitrogen and oxygen atoms in total. The van der Waals surface area contributed by atoms with E-state index in [9.17, 15) is 0 Å². The first-order valence-electron chi connectivity index (χ1n) is 7.43. The zero-order chi connectivity index (χ0) is 15.8. The molecular formula is C16H25N3OS. The Bertz CT molecular complexity index is 557. The summed E-state index contributed by atoms with van der Waals surface area (Å²) in [6.07, 6.45) is 1.27. The van der Waals surface area contributed by atoms with Crippen LogP contribution < -0.4 is 11.1 Å². The molecule has 1 aromatic rings. The number of aryl methyl sites for hydroxylation is 2. The molecule has 1 fully saturated rings. The molecule has 0 amide bonds. The van der Waals surface area contributed by atoms with Gasteiger partial charge in [-0.1, -0.05) is 26.1 Å². The molecule has 1 aliphatic rings. The number of nitrogens with one attached hydrogen (secondary N) is 1. The van der Waals surface area contributed by atoms with Crippen molar-refractivity contribution in [3.63, 3.8) is 0 Å². The van der Waals surface area contributed by atoms with Crippen molar-refractivity contribution < 1.29 is 4.74 Å². The van der Waals surface area contributed by atoms with Crippen molar-refractivity contribution in [3.05, 3.63) is 22.9 Å². The first-order chi connectivity index (χ1) is 9.77. The van der Waals surface area contributed by atoms with Crippen LogP contribution in [0.4, 0.5) is 5.82 Å². The van der Waals surface area contributed by atoms with Crippen molar-refractivity contribution in [2.24, 2.45) is 11.1 Å². The van der Waals surface area contributed by atoms with Crippen molar-refractivity contribution in [1.29, 1.82) is 0 Å².